The number of hydrogen-bond donors (Lipinski definition) is 2. The number of nitrogen functional groups attached to an aromatic ring is 1. The highest BCUT2D eigenvalue weighted by Crippen LogP contribution is 2.33. The number of likely N-dealkylation sites (tertiary alicyclic amines) is 1. The topological polar surface area (TPSA) is 84.7 Å². The van der Waals surface area contributed by atoms with Gasteiger partial charge < -0.3 is 20.7 Å². The van der Waals surface area contributed by atoms with Gasteiger partial charge in [-0.15, -0.1) is 0 Å². The van der Waals surface area contributed by atoms with Crippen LogP contribution in [0.1, 0.15) is 23.7 Å². The van der Waals surface area contributed by atoms with E-state index >= 15 is 0 Å². The molecule has 1 aliphatic rings. The Morgan fingerprint density at radius 3 is 2.76 bits per heavy atom. The Labute approximate surface area is 124 Å². The van der Waals surface area contributed by atoms with Gasteiger partial charge in [0.25, 0.3) is 5.91 Å². The number of carbonyl (C=O) groups is 2. The minimum atomic E-state index is -0.544. The van der Waals surface area contributed by atoms with Crippen molar-refractivity contribution in [3.8, 4) is 5.75 Å². The monoisotopic (exact) mass is 291 g/mol. The van der Waals surface area contributed by atoms with E-state index in [9.17, 15) is 9.59 Å². The number of nitrogens with two attached hydrogens (primary N) is 1. The minimum Gasteiger partial charge on any atom is -0.494 e. The highest BCUT2D eigenvalue weighted by atomic mass is 16.5. The Morgan fingerprint density at radius 1 is 1.43 bits per heavy atom. The Kier molecular flexibility index (Phi) is 4.06. The summed E-state index contributed by atoms with van der Waals surface area (Å²) in [5, 5.41) is 2.66. The van der Waals surface area contributed by atoms with Crippen molar-refractivity contribution < 1.29 is 14.3 Å². The highest BCUT2D eigenvalue weighted by Gasteiger charge is 2.42. The number of nitrogens with zero attached hydrogens (tertiary/aromatic N) is 1. The SMILES string of the molecule is CNC(=O)C1(C)CCN(C(=O)c2cccc(N)c2OC)C1. The van der Waals surface area contributed by atoms with E-state index < -0.39 is 5.41 Å². The maximum atomic E-state index is 12.6. The largest absolute Gasteiger partial charge is 0.494 e. The average molecular weight is 291 g/mol. The van der Waals surface area contributed by atoms with Crippen molar-refractivity contribution in [2.45, 2.75) is 13.3 Å². The van der Waals surface area contributed by atoms with E-state index in [-0.39, 0.29) is 11.8 Å². The summed E-state index contributed by atoms with van der Waals surface area (Å²) < 4.78 is 5.23. The van der Waals surface area contributed by atoms with E-state index in [0.29, 0.717) is 36.5 Å². The summed E-state index contributed by atoms with van der Waals surface area (Å²) in [6.45, 7) is 2.81. The lowest BCUT2D eigenvalue weighted by molar-refractivity contribution is -0.128. The maximum absolute atomic E-state index is 12.6. The lowest BCUT2D eigenvalue weighted by Gasteiger charge is -2.23. The number of amides is 2. The van der Waals surface area contributed by atoms with Gasteiger partial charge in [-0.2, -0.15) is 0 Å². The van der Waals surface area contributed by atoms with Crippen LogP contribution in [0.2, 0.25) is 0 Å². The minimum absolute atomic E-state index is 0.0441. The van der Waals surface area contributed by atoms with Gasteiger partial charge in [0.1, 0.15) is 0 Å². The fourth-order valence-electron chi connectivity index (χ4n) is 2.74. The number of anilines is 1. The molecule has 114 valence electrons. The zero-order valence-corrected chi connectivity index (χ0v) is 12.6. The van der Waals surface area contributed by atoms with Crippen molar-refractivity contribution in [2.75, 3.05) is 33.0 Å². The molecular weight excluding hydrogens is 270 g/mol. The van der Waals surface area contributed by atoms with E-state index in [1.807, 2.05) is 6.92 Å². The van der Waals surface area contributed by atoms with E-state index in [2.05, 4.69) is 5.32 Å². The van der Waals surface area contributed by atoms with E-state index in [4.69, 9.17) is 10.5 Å². The molecule has 0 bridgehead atoms. The average Bonchev–Trinajstić information content (AvgIpc) is 2.89. The van der Waals surface area contributed by atoms with Gasteiger partial charge in [0.2, 0.25) is 5.91 Å². The van der Waals surface area contributed by atoms with Crippen LogP contribution in [0.15, 0.2) is 18.2 Å². The normalized spacial score (nSPS) is 21.2. The van der Waals surface area contributed by atoms with Crippen LogP contribution in [0.25, 0.3) is 0 Å². The summed E-state index contributed by atoms with van der Waals surface area (Å²) in [5.41, 5.74) is 6.14. The van der Waals surface area contributed by atoms with Crippen molar-refractivity contribution in [3.63, 3.8) is 0 Å². The molecule has 1 unspecified atom stereocenters. The molecule has 3 N–H and O–H groups in total. The Bertz CT molecular complexity index is 573. The second kappa shape index (κ2) is 5.63. The van der Waals surface area contributed by atoms with Gasteiger partial charge in [0, 0.05) is 20.1 Å². The van der Waals surface area contributed by atoms with Crippen molar-refractivity contribution in [1.82, 2.24) is 10.2 Å². The molecule has 0 aromatic heterocycles. The first kappa shape index (κ1) is 15.2. The molecule has 1 atom stereocenters. The van der Waals surface area contributed by atoms with Gasteiger partial charge in [-0.3, -0.25) is 9.59 Å². The third-order valence-electron chi connectivity index (χ3n) is 4.02. The first-order chi connectivity index (χ1) is 9.92. The number of rotatable bonds is 3. The molecule has 1 aromatic rings. The molecule has 2 rings (SSSR count). The van der Waals surface area contributed by atoms with Crippen LogP contribution in [0.5, 0.6) is 5.75 Å². The number of nitrogens with one attached hydrogen (secondary N) is 1. The number of para-hydroxylation sites is 1. The summed E-state index contributed by atoms with van der Waals surface area (Å²) in [4.78, 5) is 26.2. The molecule has 0 aliphatic carbocycles. The molecule has 0 radical (unpaired) electrons. The molecule has 6 nitrogen and oxygen atoms in total. The third-order valence-corrected chi connectivity index (χ3v) is 4.02. The first-order valence-corrected chi connectivity index (χ1v) is 6.87. The first-order valence-electron chi connectivity index (χ1n) is 6.87. The fourth-order valence-corrected chi connectivity index (χ4v) is 2.74. The predicted octanol–water partition coefficient (Wildman–Crippen LogP) is 0.876. The van der Waals surface area contributed by atoms with Crippen molar-refractivity contribution >= 4 is 17.5 Å². The van der Waals surface area contributed by atoms with Crippen molar-refractivity contribution in [3.05, 3.63) is 23.8 Å². The van der Waals surface area contributed by atoms with Crippen LogP contribution in [-0.4, -0.2) is 44.0 Å². The number of ether oxygens (including phenoxy) is 1. The number of hydrogen-bond acceptors (Lipinski definition) is 4. The van der Waals surface area contributed by atoms with Gasteiger partial charge in [-0.25, -0.2) is 0 Å². The molecule has 0 spiro atoms. The van der Waals surface area contributed by atoms with Gasteiger partial charge in [-0.05, 0) is 25.5 Å². The molecule has 1 aromatic carbocycles. The molecule has 21 heavy (non-hydrogen) atoms. The molecule has 0 saturated carbocycles. The lowest BCUT2D eigenvalue weighted by atomic mass is 9.89. The fraction of sp³-hybridized carbons (Fsp3) is 0.467. The van der Waals surface area contributed by atoms with Gasteiger partial charge in [-0.1, -0.05) is 6.07 Å². The van der Waals surface area contributed by atoms with Crippen molar-refractivity contribution in [1.29, 1.82) is 0 Å². The molecule has 1 aliphatic heterocycles. The number of benzene rings is 1. The second-order valence-corrected chi connectivity index (χ2v) is 5.54. The standard InChI is InChI=1S/C15H21N3O3/c1-15(14(20)17-2)7-8-18(9-15)13(19)10-5-4-6-11(16)12(10)21-3/h4-6H,7-9,16H2,1-3H3,(H,17,20). The molecule has 1 heterocycles. The number of methoxy groups -OCH3 is 1. The molecular formula is C15H21N3O3. The molecule has 2 amide bonds. The van der Waals surface area contributed by atoms with Gasteiger partial charge in [0.05, 0.1) is 23.8 Å². The van der Waals surface area contributed by atoms with Crippen molar-refractivity contribution in [2.24, 2.45) is 5.41 Å². The second-order valence-electron chi connectivity index (χ2n) is 5.54. The Hall–Kier alpha value is -2.24. The Morgan fingerprint density at radius 2 is 2.14 bits per heavy atom. The molecule has 1 saturated heterocycles. The summed E-state index contributed by atoms with van der Waals surface area (Å²) in [6.07, 6.45) is 0.642. The lowest BCUT2D eigenvalue weighted by Crippen LogP contribution is -2.40. The molecule has 6 heteroatoms. The van der Waals surface area contributed by atoms with Crippen LogP contribution in [0.3, 0.4) is 0 Å². The highest BCUT2D eigenvalue weighted by molar-refractivity contribution is 5.99. The molecule has 1 fully saturated rings. The van der Waals surface area contributed by atoms with Crippen LogP contribution >= 0.6 is 0 Å². The quantitative estimate of drug-likeness (QED) is 0.810. The summed E-state index contributed by atoms with van der Waals surface area (Å²) in [6, 6.07) is 5.10. The van der Waals surface area contributed by atoms with E-state index in [0.717, 1.165) is 0 Å². The van der Waals surface area contributed by atoms with Crippen LogP contribution in [-0.2, 0) is 4.79 Å². The number of carbonyl (C=O) groups excluding carboxylic acids is 2. The van der Waals surface area contributed by atoms with Crippen LogP contribution in [0.4, 0.5) is 5.69 Å². The zero-order valence-electron chi connectivity index (χ0n) is 12.6. The summed E-state index contributed by atoms with van der Waals surface area (Å²) in [7, 11) is 3.10. The van der Waals surface area contributed by atoms with Gasteiger partial charge in [0.15, 0.2) is 5.75 Å². The summed E-state index contributed by atoms with van der Waals surface area (Å²) >= 11 is 0. The zero-order chi connectivity index (χ0) is 15.6. The van der Waals surface area contributed by atoms with Crippen LogP contribution in [0, 0.1) is 5.41 Å². The van der Waals surface area contributed by atoms with Gasteiger partial charge >= 0.3 is 0 Å². The predicted molar refractivity (Wildman–Crippen MR) is 80.1 cm³/mol. The smallest absolute Gasteiger partial charge is 0.257 e. The third kappa shape index (κ3) is 2.66. The van der Waals surface area contributed by atoms with E-state index in [1.165, 1.54) is 7.11 Å². The Balaban J connectivity index is 2.23. The summed E-state index contributed by atoms with van der Waals surface area (Å²) in [5.74, 6) is 0.181. The van der Waals surface area contributed by atoms with E-state index in [1.54, 1.807) is 30.1 Å². The van der Waals surface area contributed by atoms with Crippen LogP contribution < -0.4 is 15.8 Å². The maximum Gasteiger partial charge on any atom is 0.257 e.